The Balaban J connectivity index is 1.42. The summed E-state index contributed by atoms with van der Waals surface area (Å²) in [7, 11) is 1.31. The molecule has 2 aromatic heterocycles. The van der Waals surface area contributed by atoms with Gasteiger partial charge < -0.3 is 10.1 Å². The first-order valence-corrected chi connectivity index (χ1v) is 13.9. The third kappa shape index (κ3) is 7.57. The lowest BCUT2D eigenvalue weighted by Gasteiger charge is -2.22. The summed E-state index contributed by atoms with van der Waals surface area (Å²) in [6.07, 6.45) is 13.0. The third-order valence-electron chi connectivity index (χ3n) is 6.83. The van der Waals surface area contributed by atoms with E-state index in [9.17, 15) is 9.59 Å². The molecule has 2 amide bonds. The predicted molar refractivity (Wildman–Crippen MR) is 163 cm³/mol. The number of nitrogens with zero attached hydrogens (tertiary/aromatic N) is 6. The van der Waals surface area contributed by atoms with Gasteiger partial charge >= 0.3 is 6.09 Å². The van der Waals surface area contributed by atoms with Gasteiger partial charge in [0, 0.05) is 33.5 Å². The highest BCUT2D eigenvalue weighted by atomic mass is 35.5. The highest BCUT2D eigenvalue weighted by Gasteiger charge is 2.20. The van der Waals surface area contributed by atoms with E-state index in [4.69, 9.17) is 11.6 Å². The van der Waals surface area contributed by atoms with Crippen LogP contribution in [0.5, 0.6) is 0 Å². The van der Waals surface area contributed by atoms with E-state index in [1.165, 1.54) is 24.2 Å². The van der Waals surface area contributed by atoms with E-state index in [2.05, 4.69) is 59.3 Å². The number of methoxy groups -OCH3 is 1. The molecule has 4 aromatic rings. The Labute approximate surface area is 253 Å². The molecule has 0 spiro atoms. The van der Waals surface area contributed by atoms with Gasteiger partial charge in [-0.1, -0.05) is 42.0 Å². The number of anilines is 1. The third-order valence-corrected chi connectivity index (χ3v) is 7.07. The van der Waals surface area contributed by atoms with Gasteiger partial charge in [0.25, 0.3) is 0 Å². The molecular weight excluding hydrogens is 568 g/mol. The van der Waals surface area contributed by atoms with Crippen molar-refractivity contribution in [2.75, 3.05) is 12.4 Å². The number of allylic oxidation sites excluding steroid dienone is 3. The average Bonchev–Trinajstić information content (AvgIpc) is 3.56. The van der Waals surface area contributed by atoms with E-state index in [0.717, 1.165) is 29.5 Å². The quantitative estimate of drug-likeness (QED) is 0.231. The van der Waals surface area contributed by atoms with E-state index in [1.807, 2.05) is 25.1 Å². The molecule has 43 heavy (non-hydrogen) atoms. The highest BCUT2D eigenvalue weighted by Crippen LogP contribution is 2.29. The van der Waals surface area contributed by atoms with E-state index in [1.54, 1.807) is 36.4 Å². The minimum absolute atomic E-state index is 0.288. The molecule has 2 N–H and O–H groups in total. The van der Waals surface area contributed by atoms with Gasteiger partial charge in [-0.05, 0) is 84.7 Å². The van der Waals surface area contributed by atoms with E-state index >= 15 is 0 Å². The van der Waals surface area contributed by atoms with Gasteiger partial charge in [0.2, 0.25) is 5.91 Å². The SMILES string of the molecule is COC(=O)Nc1ccc(-c2cc(C(CC3=CCCC=C3)NC(=O)/C=C/c3cc(Cl)ccc3-n3cnnn3)c(C)nn2)cc1. The lowest BCUT2D eigenvalue weighted by atomic mass is 9.94. The number of amides is 2. The smallest absolute Gasteiger partial charge is 0.411 e. The van der Waals surface area contributed by atoms with Gasteiger partial charge in [0.05, 0.1) is 30.2 Å². The number of aryl methyl sites for hydroxylation is 1. The van der Waals surface area contributed by atoms with E-state index < -0.39 is 6.09 Å². The van der Waals surface area contributed by atoms with Gasteiger partial charge in [0.15, 0.2) is 0 Å². The average molecular weight is 597 g/mol. The van der Waals surface area contributed by atoms with Gasteiger partial charge in [0.1, 0.15) is 6.33 Å². The Morgan fingerprint density at radius 3 is 2.67 bits per heavy atom. The van der Waals surface area contributed by atoms with Crippen LogP contribution in [0.2, 0.25) is 5.02 Å². The van der Waals surface area contributed by atoms with Crippen LogP contribution >= 0.6 is 11.6 Å². The maximum absolute atomic E-state index is 13.3. The molecule has 0 saturated carbocycles. The number of hydrogen-bond donors (Lipinski definition) is 2. The number of hydrogen-bond acceptors (Lipinski definition) is 8. The van der Waals surface area contributed by atoms with Crippen molar-refractivity contribution in [1.29, 1.82) is 0 Å². The van der Waals surface area contributed by atoms with Gasteiger partial charge in [-0.25, -0.2) is 4.79 Å². The monoisotopic (exact) mass is 596 g/mol. The summed E-state index contributed by atoms with van der Waals surface area (Å²) in [5.41, 5.74) is 6.08. The summed E-state index contributed by atoms with van der Waals surface area (Å²) >= 11 is 6.24. The molecule has 1 aliphatic rings. The van der Waals surface area contributed by atoms with Crippen molar-refractivity contribution < 1.29 is 14.3 Å². The molecule has 5 rings (SSSR count). The van der Waals surface area contributed by atoms with Crippen LogP contribution in [0.1, 0.15) is 42.1 Å². The molecule has 2 heterocycles. The lowest BCUT2D eigenvalue weighted by Crippen LogP contribution is -2.28. The fourth-order valence-corrected chi connectivity index (χ4v) is 4.85. The molecule has 0 radical (unpaired) electrons. The summed E-state index contributed by atoms with van der Waals surface area (Å²) in [6, 6.07) is 14.0. The van der Waals surface area contributed by atoms with Crippen LogP contribution in [0.15, 0.2) is 84.7 Å². The lowest BCUT2D eigenvalue weighted by molar-refractivity contribution is -0.117. The zero-order valence-corrected chi connectivity index (χ0v) is 24.3. The second-order valence-electron chi connectivity index (χ2n) is 9.78. The number of halogens is 1. The second-order valence-corrected chi connectivity index (χ2v) is 10.2. The van der Waals surface area contributed by atoms with E-state index in [-0.39, 0.29) is 11.9 Å². The van der Waals surface area contributed by atoms with Crippen molar-refractivity contribution in [2.45, 2.75) is 32.2 Å². The van der Waals surface area contributed by atoms with Crippen LogP contribution in [0, 0.1) is 6.92 Å². The summed E-state index contributed by atoms with van der Waals surface area (Å²) in [5.74, 6) is -0.288. The molecule has 0 bridgehead atoms. The fraction of sp³-hybridized carbons (Fsp3) is 0.194. The Morgan fingerprint density at radius 1 is 1.12 bits per heavy atom. The topological polar surface area (TPSA) is 137 Å². The molecule has 1 unspecified atom stereocenters. The molecule has 0 aliphatic heterocycles. The van der Waals surface area contributed by atoms with Crippen LogP contribution in [0.4, 0.5) is 10.5 Å². The Kier molecular flexibility index (Phi) is 9.33. The number of aromatic nitrogens is 6. The van der Waals surface area contributed by atoms with E-state index in [0.29, 0.717) is 39.8 Å². The Hall–Kier alpha value is -5.16. The van der Waals surface area contributed by atoms with Crippen molar-refractivity contribution in [3.63, 3.8) is 0 Å². The number of nitrogens with one attached hydrogen (secondary N) is 2. The first-order chi connectivity index (χ1) is 20.9. The van der Waals surface area contributed by atoms with Crippen LogP contribution in [0.3, 0.4) is 0 Å². The minimum Gasteiger partial charge on any atom is -0.453 e. The Morgan fingerprint density at radius 2 is 1.95 bits per heavy atom. The van der Waals surface area contributed by atoms with Crippen molar-refractivity contribution in [2.24, 2.45) is 0 Å². The standard InChI is InChI=1S/C31H29ClN8O3/c1-20-26(18-27(37-36-20)22-8-12-25(13-9-22)34-31(42)43-2)28(16-21-6-4-3-5-7-21)35-30(41)15-10-23-17-24(32)11-14-29(23)40-19-33-38-39-40/h4,6-15,17-19,28H,3,5,16H2,1-2H3,(H,34,42)(H,35,41)/b15-10+. The zero-order valence-electron chi connectivity index (χ0n) is 23.6. The molecule has 1 atom stereocenters. The normalized spacial score (nSPS) is 13.4. The molecule has 2 aromatic carbocycles. The molecule has 218 valence electrons. The summed E-state index contributed by atoms with van der Waals surface area (Å²) in [6.45, 7) is 1.87. The number of ether oxygens (including phenoxy) is 1. The number of tetrazole rings is 1. The molecule has 12 heteroatoms. The van der Waals surface area contributed by atoms with Crippen LogP contribution in [-0.4, -0.2) is 49.5 Å². The van der Waals surface area contributed by atoms with Crippen LogP contribution in [0.25, 0.3) is 23.0 Å². The largest absolute Gasteiger partial charge is 0.453 e. The summed E-state index contributed by atoms with van der Waals surface area (Å²) in [4.78, 5) is 24.9. The fourth-order valence-electron chi connectivity index (χ4n) is 4.67. The van der Waals surface area contributed by atoms with Crippen LogP contribution in [-0.2, 0) is 9.53 Å². The number of carbonyl (C=O) groups excluding carboxylic acids is 2. The highest BCUT2D eigenvalue weighted by molar-refractivity contribution is 6.30. The first-order valence-electron chi connectivity index (χ1n) is 13.6. The number of carbonyl (C=O) groups is 2. The summed E-state index contributed by atoms with van der Waals surface area (Å²) < 4.78 is 6.16. The van der Waals surface area contributed by atoms with Gasteiger partial charge in [-0.15, -0.1) is 5.10 Å². The molecule has 11 nitrogen and oxygen atoms in total. The molecular formula is C31H29ClN8O3. The minimum atomic E-state index is -0.550. The maximum atomic E-state index is 13.3. The van der Waals surface area contributed by atoms with Crippen LogP contribution < -0.4 is 10.6 Å². The maximum Gasteiger partial charge on any atom is 0.411 e. The van der Waals surface area contributed by atoms with Crippen molar-refractivity contribution in [3.8, 4) is 16.9 Å². The molecule has 0 fully saturated rings. The Bertz CT molecular complexity index is 1700. The predicted octanol–water partition coefficient (Wildman–Crippen LogP) is 5.80. The van der Waals surface area contributed by atoms with Gasteiger partial charge in [-0.2, -0.15) is 14.9 Å². The first kappa shape index (κ1) is 29.3. The van der Waals surface area contributed by atoms with Crippen molar-refractivity contribution in [3.05, 3.63) is 107 Å². The number of rotatable bonds is 9. The molecule has 1 aliphatic carbocycles. The summed E-state index contributed by atoms with van der Waals surface area (Å²) in [5, 5.41) is 26.5. The van der Waals surface area contributed by atoms with Crippen molar-refractivity contribution >= 4 is 35.4 Å². The molecule has 0 saturated heterocycles. The van der Waals surface area contributed by atoms with Gasteiger partial charge in [-0.3, -0.25) is 10.1 Å². The number of benzene rings is 2. The zero-order chi connectivity index (χ0) is 30.2. The van der Waals surface area contributed by atoms with Crippen molar-refractivity contribution in [1.82, 2.24) is 35.7 Å². The second kappa shape index (κ2) is 13.7.